The molecular weight excluding hydrogens is 536 g/mol. The molecule has 5 nitrogen and oxygen atoms in total. The van der Waals surface area contributed by atoms with Gasteiger partial charge in [-0.2, -0.15) is 0 Å². The van der Waals surface area contributed by atoms with Gasteiger partial charge in [-0.1, -0.05) is 76.1 Å². The summed E-state index contributed by atoms with van der Waals surface area (Å²) in [4.78, 5) is 65.3. The van der Waals surface area contributed by atoms with Gasteiger partial charge in [0, 0.05) is 43.1 Å². The molecule has 232 valence electrons. The van der Waals surface area contributed by atoms with Crippen LogP contribution < -0.4 is 0 Å². The molecular formula is C38H50O5. The number of benzene rings is 2. The largest absolute Gasteiger partial charge is 0.300 e. The van der Waals surface area contributed by atoms with E-state index in [0.29, 0.717) is 44.1 Å². The number of carbonyl (C=O) groups is 5. The minimum atomic E-state index is -0.573. The highest BCUT2D eigenvalue weighted by molar-refractivity contribution is 6.01. The summed E-state index contributed by atoms with van der Waals surface area (Å²) in [5.74, 6) is -0.532. The van der Waals surface area contributed by atoms with Gasteiger partial charge in [0.1, 0.15) is 23.1 Å². The van der Waals surface area contributed by atoms with Crippen LogP contribution in [0, 0.1) is 24.7 Å². The molecule has 1 aliphatic carbocycles. The van der Waals surface area contributed by atoms with E-state index in [1.165, 1.54) is 6.92 Å². The van der Waals surface area contributed by atoms with Crippen molar-refractivity contribution >= 4 is 28.9 Å². The molecule has 2 aromatic carbocycles. The molecule has 0 spiro atoms. The molecule has 5 heteroatoms. The van der Waals surface area contributed by atoms with E-state index >= 15 is 0 Å². The molecule has 3 rings (SSSR count). The van der Waals surface area contributed by atoms with Crippen molar-refractivity contribution in [2.45, 2.75) is 118 Å². The Morgan fingerprint density at radius 3 is 2.23 bits per heavy atom. The Balaban J connectivity index is 1.95. The number of carbonyl (C=O) groups excluding carboxylic acids is 5. The van der Waals surface area contributed by atoms with Crippen molar-refractivity contribution in [3.63, 3.8) is 0 Å². The molecule has 0 amide bonds. The molecule has 4 unspecified atom stereocenters. The molecule has 0 radical (unpaired) electrons. The Morgan fingerprint density at radius 1 is 0.884 bits per heavy atom. The van der Waals surface area contributed by atoms with Crippen molar-refractivity contribution in [1.29, 1.82) is 0 Å². The van der Waals surface area contributed by atoms with Crippen LogP contribution in [0.5, 0.6) is 0 Å². The second-order valence-electron chi connectivity index (χ2n) is 12.7. The van der Waals surface area contributed by atoms with Gasteiger partial charge in [-0.05, 0) is 80.0 Å². The van der Waals surface area contributed by atoms with Crippen molar-refractivity contribution in [2.75, 3.05) is 0 Å². The Hall–Kier alpha value is -3.21. The maximum Gasteiger partial charge on any atom is 0.163 e. The second kappa shape index (κ2) is 16.6. The van der Waals surface area contributed by atoms with Crippen LogP contribution in [0.15, 0.2) is 42.5 Å². The number of fused-ring (bicyclic) bond motifs is 1. The average Bonchev–Trinajstić information content (AvgIpc) is 2.95. The minimum absolute atomic E-state index is 0.00559. The maximum absolute atomic E-state index is 13.8. The smallest absolute Gasteiger partial charge is 0.163 e. The van der Waals surface area contributed by atoms with Gasteiger partial charge in [-0.15, -0.1) is 0 Å². The molecule has 4 atom stereocenters. The molecule has 0 aromatic heterocycles. The van der Waals surface area contributed by atoms with Gasteiger partial charge in [0.2, 0.25) is 0 Å². The zero-order valence-corrected chi connectivity index (χ0v) is 26.9. The molecule has 0 N–H and O–H groups in total. The fraction of sp³-hybridized carbons (Fsp3) is 0.553. The quantitative estimate of drug-likeness (QED) is 0.165. The highest BCUT2D eigenvalue weighted by Gasteiger charge is 2.36. The van der Waals surface area contributed by atoms with Gasteiger partial charge in [0.25, 0.3) is 0 Å². The topological polar surface area (TPSA) is 85.3 Å². The third-order valence-corrected chi connectivity index (χ3v) is 9.17. The van der Waals surface area contributed by atoms with Gasteiger partial charge in [0.15, 0.2) is 5.78 Å². The summed E-state index contributed by atoms with van der Waals surface area (Å²) in [6.45, 7) is 9.49. The van der Waals surface area contributed by atoms with E-state index in [1.807, 2.05) is 63.2 Å². The number of hydrogen-bond acceptors (Lipinski definition) is 5. The van der Waals surface area contributed by atoms with E-state index in [4.69, 9.17) is 0 Å². The lowest BCUT2D eigenvalue weighted by atomic mass is 9.70. The molecule has 1 aliphatic rings. The Kier molecular flexibility index (Phi) is 13.2. The summed E-state index contributed by atoms with van der Waals surface area (Å²) in [7, 11) is 0. The number of Topliss-reactive ketones (excluding diaryl/α,β-unsaturated/α-hetero) is 5. The van der Waals surface area contributed by atoms with Crippen LogP contribution in [-0.2, 0) is 32.0 Å². The number of ketones is 5. The summed E-state index contributed by atoms with van der Waals surface area (Å²) in [6.07, 6.45) is 6.50. The lowest BCUT2D eigenvalue weighted by molar-refractivity contribution is -0.130. The summed E-state index contributed by atoms with van der Waals surface area (Å²) in [5.41, 5.74) is 4.45. The van der Waals surface area contributed by atoms with Crippen molar-refractivity contribution in [3.05, 3.63) is 70.3 Å². The fourth-order valence-electron chi connectivity index (χ4n) is 7.18. The van der Waals surface area contributed by atoms with Crippen molar-refractivity contribution in [1.82, 2.24) is 0 Å². The van der Waals surface area contributed by atoms with E-state index in [1.54, 1.807) is 0 Å². The predicted octanol–water partition coefficient (Wildman–Crippen LogP) is 8.17. The zero-order chi connectivity index (χ0) is 31.5. The lowest BCUT2D eigenvalue weighted by Gasteiger charge is -2.33. The van der Waals surface area contributed by atoms with Crippen LogP contribution >= 0.6 is 0 Å². The van der Waals surface area contributed by atoms with Crippen LogP contribution in [-0.4, -0.2) is 28.9 Å². The molecule has 0 bridgehead atoms. The van der Waals surface area contributed by atoms with Crippen LogP contribution in [0.3, 0.4) is 0 Å². The fourth-order valence-corrected chi connectivity index (χ4v) is 7.18. The van der Waals surface area contributed by atoms with Crippen molar-refractivity contribution < 1.29 is 24.0 Å². The first-order valence-corrected chi connectivity index (χ1v) is 16.3. The van der Waals surface area contributed by atoms with Crippen LogP contribution in [0.4, 0.5) is 0 Å². The van der Waals surface area contributed by atoms with E-state index < -0.39 is 5.92 Å². The Morgan fingerprint density at radius 2 is 1.60 bits per heavy atom. The van der Waals surface area contributed by atoms with E-state index in [9.17, 15) is 24.0 Å². The average molecular weight is 587 g/mol. The third-order valence-electron chi connectivity index (χ3n) is 9.17. The van der Waals surface area contributed by atoms with Gasteiger partial charge < -0.3 is 0 Å². The standard InChI is InChI=1S/C38H50O5/c1-6-12-29(31(8-3)36(42)20-26(5)39)21-28-22-34-32(18-16-25(4)38(34)37(43)23-28)33(24-30(40)13-7-2)35(41)19-17-27-14-10-9-11-15-27/h9-11,14-16,18,28-29,31,33H,6-8,12-13,17,19-24H2,1-5H3. The first kappa shape index (κ1) is 34.3. The van der Waals surface area contributed by atoms with Crippen LogP contribution in [0.2, 0.25) is 0 Å². The van der Waals surface area contributed by atoms with E-state index in [2.05, 4.69) is 6.92 Å². The molecule has 0 fully saturated rings. The first-order chi connectivity index (χ1) is 20.6. The number of hydrogen-bond donors (Lipinski definition) is 0. The normalized spacial score (nSPS) is 16.7. The van der Waals surface area contributed by atoms with E-state index in [-0.39, 0.29) is 59.5 Å². The molecule has 2 aromatic rings. The molecule has 0 saturated heterocycles. The SMILES string of the molecule is CCCC(=O)CC(C(=O)CCc1ccccc1)c1ccc(C)c2c1CC(CC(CCC)C(CC)C(=O)CC(C)=O)CC2=O. The first-order valence-electron chi connectivity index (χ1n) is 16.3. The Labute approximate surface area is 258 Å². The van der Waals surface area contributed by atoms with Gasteiger partial charge in [-0.25, -0.2) is 0 Å². The minimum Gasteiger partial charge on any atom is -0.300 e. The molecule has 0 aliphatic heterocycles. The van der Waals surface area contributed by atoms with Crippen molar-refractivity contribution in [2.24, 2.45) is 17.8 Å². The molecule has 0 heterocycles. The molecule has 0 saturated carbocycles. The third kappa shape index (κ3) is 9.39. The molecule has 43 heavy (non-hydrogen) atoms. The van der Waals surface area contributed by atoms with Gasteiger partial charge >= 0.3 is 0 Å². The Bertz CT molecular complexity index is 1290. The summed E-state index contributed by atoms with van der Waals surface area (Å²) in [5, 5.41) is 0. The monoisotopic (exact) mass is 586 g/mol. The predicted molar refractivity (Wildman–Crippen MR) is 171 cm³/mol. The highest BCUT2D eigenvalue weighted by Crippen LogP contribution is 2.40. The lowest BCUT2D eigenvalue weighted by Crippen LogP contribution is -2.31. The number of aryl methyl sites for hydroxylation is 2. The van der Waals surface area contributed by atoms with Crippen LogP contribution in [0.1, 0.15) is 130 Å². The van der Waals surface area contributed by atoms with Crippen LogP contribution in [0.25, 0.3) is 0 Å². The van der Waals surface area contributed by atoms with Crippen molar-refractivity contribution in [3.8, 4) is 0 Å². The summed E-state index contributed by atoms with van der Waals surface area (Å²) >= 11 is 0. The van der Waals surface area contributed by atoms with Gasteiger partial charge in [0.05, 0.1) is 6.42 Å². The summed E-state index contributed by atoms with van der Waals surface area (Å²) < 4.78 is 0. The second-order valence-corrected chi connectivity index (χ2v) is 12.7. The zero-order valence-electron chi connectivity index (χ0n) is 26.9. The highest BCUT2D eigenvalue weighted by atomic mass is 16.2. The maximum atomic E-state index is 13.8. The van der Waals surface area contributed by atoms with Gasteiger partial charge in [-0.3, -0.25) is 24.0 Å². The van der Waals surface area contributed by atoms with E-state index in [0.717, 1.165) is 47.9 Å². The number of rotatable bonds is 18. The summed E-state index contributed by atoms with van der Waals surface area (Å²) in [6, 6.07) is 13.8.